The maximum atomic E-state index is 14.8. The van der Waals surface area contributed by atoms with Crippen LogP contribution in [0.1, 0.15) is 37.0 Å². The predicted octanol–water partition coefficient (Wildman–Crippen LogP) is 5.77. The minimum absolute atomic E-state index is 0.00883. The Morgan fingerprint density at radius 2 is 1.45 bits per heavy atom. The maximum absolute atomic E-state index is 14.8. The highest BCUT2D eigenvalue weighted by Crippen LogP contribution is 2.36. The molecule has 4 rings (SSSR count). The van der Waals surface area contributed by atoms with Gasteiger partial charge in [0.25, 0.3) is 10.0 Å². The highest BCUT2D eigenvalue weighted by Gasteiger charge is 2.36. The van der Waals surface area contributed by atoms with E-state index in [1.807, 2.05) is 57.2 Å². The molecule has 49 heavy (non-hydrogen) atoms. The van der Waals surface area contributed by atoms with Gasteiger partial charge in [0.05, 0.1) is 31.9 Å². The van der Waals surface area contributed by atoms with E-state index in [1.54, 1.807) is 49.6 Å². The fourth-order valence-corrected chi connectivity index (χ4v) is 6.72. The van der Waals surface area contributed by atoms with Crippen molar-refractivity contribution in [1.29, 1.82) is 0 Å². The van der Waals surface area contributed by atoms with Crippen LogP contribution in [0.3, 0.4) is 0 Å². The summed E-state index contributed by atoms with van der Waals surface area (Å²) in [6.45, 7) is 5.10. The fraction of sp³-hybridized carbons (Fsp3) is 0.316. The van der Waals surface area contributed by atoms with Gasteiger partial charge < -0.3 is 24.4 Å². The first kappa shape index (κ1) is 36.8. The summed E-state index contributed by atoms with van der Waals surface area (Å²) in [4.78, 5) is 30.3. The first-order valence-electron chi connectivity index (χ1n) is 16.1. The predicted molar refractivity (Wildman–Crippen MR) is 191 cm³/mol. The number of methoxy groups -OCH3 is 3. The molecule has 0 saturated carbocycles. The van der Waals surface area contributed by atoms with Gasteiger partial charge >= 0.3 is 0 Å². The number of ether oxygens (including phenoxy) is 3. The fourth-order valence-electron chi connectivity index (χ4n) is 5.31. The van der Waals surface area contributed by atoms with Crippen LogP contribution in [0.2, 0.25) is 0 Å². The molecule has 0 spiro atoms. The van der Waals surface area contributed by atoms with E-state index in [1.165, 1.54) is 37.3 Å². The molecule has 0 heterocycles. The number of benzene rings is 4. The minimum Gasteiger partial charge on any atom is -0.497 e. The second kappa shape index (κ2) is 16.9. The summed E-state index contributed by atoms with van der Waals surface area (Å²) in [5.74, 6) is 0.234. The number of aryl methyl sites for hydroxylation is 1. The normalized spacial score (nSPS) is 12.4. The van der Waals surface area contributed by atoms with Crippen LogP contribution in [0.25, 0.3) is 0 Å². The Morgan fingerprint density at radius 1 is 0.796 bits per heavy atom. The van der Waals surface area contributed by atoms with Crippen molar-refractivity contribution in [3.63, 3.8) is 0 Å². The molecule has 0 unspecified atom stereocenters. The van der Waals surface area contributed by atoms with E-state index in [9.17, 15) is 18.0 Å². The van der Waals surface area contributed by atoms with E-state index in [4.69, 9.17) is 14.2 Å². The van der Waals surface area contributed by atoms with Crippen molar-refractivity contribution in [1.82, 2.24) is 10.2 Å². The molecule has 0 aliphatic carbocycles. The molecule has 0 aromatic heterocycles. The van der Waals surface area contributed by atoms with E-state index in [0.717, 1.165) is 15.4 Å². The van der Waals surface area contributed by atoms with Crippen molar-refractivity contribution in [2.75, 3.05) is 32.2 Å². The third-order valence-corrected chi connectivity index (χ3v) is 10.1. The maximum Gasteiger partial charge on any atom is 0.264 e. The molecule has 0 radical (unpaired) electrons. The number of rotatable bonds is 16. The van der Waals surface area contributed by atoms with Crippen LogP contribution >= 0.6 is 0 Å². The van der Waals surface area contributed by atoms with Crippen molar-refractivity contribution >= 4 is 27.5 Å². The zero-order chi connectivity index (χ0) is 35.6. The van der Waals surface area contributed by atoms with Gasteiger partial charge in [-0.25, -0.2) is 8.42 Å². The van der Waals surface area contributed by atoms with E-state index in [0.29, 0.717) is 23.5 Å². The third kappa shape index (κ3) is 9.32. The number of carbonyl (C=O) groups excluding carboxylic acids is 2. The van der Waals surface area contributed by atoms with Gasteiger partial charge in [0.1, 0.15) is 29.8 Å². The summed E-state index contributed by atoms with van der Waals surface area (Å²) in [6, 6.07) is 26.6. The molecule has 2 atom stereocenters. The average molecular weight is 688 g/mol. The number of hydrogen-bond donors (Lipinski definition) is 1. The second-order valence-corrected chi connectivity index (χ2v) is 13.6. The van der Waals surface area contributed by atoms with Crippen molar-refractivity contribution in [3.8, 4) is 17.2 Å². The zero-order valence-electron chi connectivity index (χ0n) is 28.9. The Bertz CT molecular complexity index is 1820. The molecule has 0 aliphatic heterocycles. The van der Waals surface area contributed by atoms with E-state index >= 15 is 0 Å². The molecule has 1 N–H and O–H groups in total. The lowest BCUT2D eigenvalue weighted by molar-refractivity contribution is -0.140. The number of amides is 2. The first-order valence-corrected chi connectivity index (χ1v) is 17.5. The van der Waals surface area contributed by atoms with Crippen LogP contribution in [-0.4, -0.2) is 65.1 Å². The smallest absolute Gasteiger partial charge is 0.264 e. The molecular weight excluding hydrogens is 642 g/mol. The SMILES string of the molecule is CC[C@H](C)NC(=O)[C@@H](Cc1ccccc1)N(Cc1cccc(OC)c1)C(=O)CN(c1cc(OC)ccc1OC)S(=O)(=O)c1ccc(C)cc1. The highest BCUT2D eigenvalue weighted by atomic mass is 32.2. The molecule has 4 aromatic carbocycles. The molecule has 10 nitrogen and oxygen atoms in total. The molecule has 0 saturated heterocycles. The van der Waals surface area contributed by atoms with Gasteiger partial charge in [-0.15, -0.1) is 0 Å². The molecule has 260 valence electrons. The van der Waals surface area contributed by atoms with Gasteiger partial charge in [-0.2, -0.15) is 0 Å². The van der Waals surface area contributed by atoms with Crippen LogP contribution in [-0.2, 0) is 32.6 Å². The van der Waals surface area contributed by atoms with Crippen LogP contribution in [0, 0.1) is 6.92 Å². The Labute approximate surface area is 289 Å². The molecule has 0 bridgehead atoms. The molecule has 11 heteroatoms. The number of nitrogens with zero attached hydrogens (tertiary/aromatic N) is 2. The monoisotopic (exact) mass is 687 g/mol. The molecule has 0 aliphatic rings. The van der Waals surface area contributed by atoms with E-state index in [2.05, 4.69) is 5.32 Å². The topological polar surface area (TPSA) is 114 Å². The average Bonchev–Trinajstić information content (AvgIpc) is 3.12. The van der Waals surface area contributed by atoms with E-state index < -0.39 is 28.5 Å². The second-order valence-electron chi connectivity index (χ2n) is 11.8. The number of hydrogen-bond acceptors (Lipinski definition) is 7. The Hall–Kier alpha value is -5.03. The lowest BCUT2D eigenvalue weighted by Gasteiger charge is -2.34. The van der Waals surface area contributed by atoms with Gasteiger partial charge in [0.15, 0.2) is 0 Å². The Balaban J connectivity index is 1.88. The number of carbonyl (C=O) groups is 2. The number of nitrogens with one attached hydrogen (secondary N) is 1. The lowest BCUT2D eigenvalue weighted by atomic mass is 10.0. The van der Waals surface area contributed by atoms with Crippen molar-refractivity contribution in [2.24, 2.45) is 0 Å². The summed E-state index contributed by atoms with van der Waals surface area (Å²) in [5.41, 5.74) is 2.53. The van der Waals surface area contributed by atoms with Gasteiger partial charge in [0.2, 0.25) is 11.8 Å². The number of anilines is 1. The summed E-state index contributed by atoms with van der Waals surface area (Å²) in [5, 5.41) is 3.05. The molecular formula is C38H45N3O7S. The molecule has 4 aromatic rings. The van der Waals surface area contributed by atoms with Crippen LogP contribution in [0.5, 0.6) is 17.2 Å². The van der Waals surface area contributed by atoms with E-state index in [-0.39, 0.29) is 41.2 Å². The Morgan fingerprint density at radius 3 is 2.08 bits per heavy atom. The minimum atomic E-state index is -4.34. The molecule has 0 fully saturated rings. The quantitative estimate of drug-likeness (QED) is 0.159. The lowest BCUT2D eigenvalue weighted by Crippen LogP contribution is -2.54. The highest BCUT2D eigenvalue weighted by molar-refractivity contribution is 7.92. The standard InChI is InChI=1S/C38H45N3O7S/c1-7-28(3)39-38(43)35(23-29-12-9-8-10-13-29)40(25-30-14-11-15-31(22-30)46-4)37(42)26-41(34-24-32(47-5)18-21-36(34)48-6)49(44,45)33-19-16-27(2)17-20-33/h8-22,24,28,35H,7,23,25-26H2,1-6H3,(H,39,43)/t28-,35+/m0/s1. The van der Waals surface area contributed by atoms with Gasteiger partial charge in [-0.05, 0) is 67.8 Å². The van der Waals surface area contributed by atoms with Crippen molar-refractivity contribution < 1.29 is 32.2 Å². The largest absolute Gasteiger partial charge is 0.497 e. The number of sulfonamides is 1. The summed E-state index contributed by atoms with van der Waals surface area (Å²) < 4.78 is 46.4. The van der Waals surface area contributed by atoms with Crippen LogP contribution in [0.4, 0.5) is 5.69 Å². The van der Waals surface area contributed by atoms with Crippen molar-refractivity contribution in [3.05, 3.63) is 114 Å². The van der Waals surface area contributed by atoms with Gasteiger partial charge in [0, 0.05) is 25.1 Å². The summed E-state index contributed by atoms with van der Waals surface area (Å²) in [7, 11) is 0.105. The summed E-state index contributed by atoms with van der Waals surface area (Å²) in [6.07, 6.45) is 0.887. The zero-order valence-corrected chi connectivity index (χ0v) is 29.7. The van der Waals surface area contributed by atoms with Gasteiger partial charge in [-0.1, -0.05) is 67.1 Å². The third-order valence-electron chi connectivity index (χ3n) is 8.30. The molecule has 2 amide bonds. The first-order chi connectivity index (χ1) is 23.5. The van der Waals surface area contributed by atoms with Gasteiger partial charge in [-0.3, -0.25) is 13.9 Å². The van der Waals surface area contributed by atoms with Crippen LogP contribution in [0.15, 0.2) is 102 Å². The van der Waals surface area contributed by atoms with Crippen LogP contribution < -0.4 is 23.8 Å². The summed E-state index contributed by atoms with van der Waals surface area (Å²) >= 11 is 0. The Kier molecular flexibility index (Phi) is 12.7. The van der Waals surface area contributed by atoms with Crippen molar-refractivity contribution in [2.45, 2.75) is 57.1 Å².